The molecule has 0 saturated carbocycles. The number of aromatic nitrogens is 1. The number of nitrogens with one attached hydrogen (secondary N) is 2. The molecular weight excluding hydrogens is 387 g/mol. The maximum Gasteiger partial charge on any atom is 0.511 e. The third-order valence-corrected chi connectivity index (χ3v) is 5.58. The van der Waals surface area contributed by atoms with Crippen LogP contribution in [0.5, 0.6) is 5.75 Å². The Morgan fingerprint density at radius 2 is 2.11 bits per heavy atom. The molecule has 0 bridgehead atoms. The van der Waals surface area contributed by atoms with E-state index in [2.05, 4.69) is 20.6 Å². The Morgan fingerprint density at radius 1 is 1.41 bits per heavy atom. The van der Waals surface area contributed by atoms with Crippen molar-refractivity contribution in [2.24, 2.45) is 4.99 Å². The predicted octanol–water partition coefficient (Wildman–Crippen LogP) is 0.939. The zero-order valence-electron chi connectivity index (χ0n) is 14.7. The van der Waals surface area contributed by atoms with E-state index < -0.39 is 15.5 Å². The molecule has 0 unspecified atom stereocenters. The summed E-state index contributed by atoms with van der Waals surface area (Å²) < 4.78 is 66.5. The van der Waals surface area contributed by atoms with Crippen molar-refractivity contribution in [3.63, 3.8) is 0 Å². The van der Waals surface area contributed by atoms with Gasteiger partial charge in [-0.15, -0.1) is 0 Å². The molecule has 27 heavy (non-hydrogen) atoms. The van der Waals surface area contributed by atoms with Crippen LogP contribution in [-0.4, -0.2) is 68.5 Å². The van der Waals surface area contributed by atoms with Crippen LogP contribution in [-0.2, 0) is 10.0 Å². The van der Waals surface area contributed by atoms with Crippen LogP contribution in [0.25, 0.3) is 0 Å². The van der Waals surface area contributed by atoms with E-state index in [-0.39, 0.29) is 32.0 Å². The number of rotatable bonds is 6. The maximum atomic E-state index is 12.6. The van der Waals surface area contributed by atoms with Gasteiger partial charge in [0.2, 0.25) is 0 Å². The summed E-state index contributed by atoms with van der Waals surface area (Å²) in [7, 11) is -3.69. The van der Waals surface area contributed by atoms with Gasteiger partial charge in [-0.1, -0.05) is 0 Å². The van der Waals surface area contributed by atoms with Gasteiger partial charge < -0.3 is 15.4 Å². The van der Waals surface area contributed by atoms with Crippen LogP contribution in [0.1, 0.15) is 12.8 Å². The van der Waals surface area contributed by atoms with E-state index in [9.17, 15) is 21.6 Å². The Kier molecular flexibility index (Phi) is 7.25. The Morgan fingerprint density at radius 3 is 2.67 bits per heavy atom. The fourth-order valence-electron chi connectivity index (χ4n) is 2.55. The van der Waals surface area contributed by atoms with Gasteiger partial charge in [-0.2, -0.15) is 17.5 Å². The standard InChI is InChI=1S/C15H22F3N5O3S/c1-19-14(21-7-10-26-13-3-2-6-20-11-13)22-12-4-8-23(9-5-12)27(24,25)15(16,17)18/h2-3,6,11-12H,4-5,7-10H2,1H3,(H2,19,21,22). The lowest BCUT2D eigenvalue weighted by Gasteiger charge is -2.32. The van der Waals surface area contributed by atoms with Gasteiger partial charge in [0.05, 0.1) is 12.7 Å². The average molecular weight is 409 g/mol. The number of hydrogen-bond acceptors (Lipinski definition) is 5. The molecule has 152 valence electrons. The van der Waals surface area contributed by atoms with Crippen molar-refractivity contribution in [1.82, 2.24) is 19.9 Å². The first-order valence-corrected chi connectivity index (χ1v) is 9.74. The number of guanidine groups is 1. The number of pyridine rings is 1. The van der Waals surface area contributed by atoms with E-state index in [0.717, 1.165) is 0 Å². The third kappa shape index (κ3) is 5.96. The number of aliphatic imine (C=N–C) groups is 1. The Bertz CT molecular complexity index is 720. The minimum atomic E-state index is -5.26. The first kappa shape index (κ1) is 21.2. The van der Waals surface area contributed by atoms with Crippen LogP contribution in [0, 0.1) is 0 Å². The van der Waals surface area contributed by atoms with Gasteiger partial charge in [0, 0.05) is 32.4 Å². The fraction of sp³-hybridized carbons (Fsp3) is 0.600. The summed E-state index contributed by atoms with van der Waals surface area (Å²) in [6.07, 6.45) is 3.74. The van der Waals surface area contributed by atoms with Crippen molar-refractivity contribution in [3.05, 3.63) is 24.5 Å². The minimum Gasteiger partial charge on any atom is -0.490 e. The molecule has 0 aromatic carbocycles. The summed E-state index contributed by atoms with van der Waals surface area (Å²) in [5.41, 5.74) is -5.26. The monoisotopic (exact) mass is 409 g/mol. The van der Waals surface area contributed by atoms with Crippen molar-refractivity contribution in [2.45, 2.75) is 24.4 Å². The average Bonchev–Trinajstić information content (AvgIpc) is 2.64. The molecule has 1 aliphatic heterocycles. The number of sulfonamides is 1. The molecule has 0 amide bonds. The van der Waals surface area contributed by atoms with Crippen LogP contribution < -0.4 is 15.4 Å². The first-order chi connectivity index (χ1) is 12.7. The van der Waals surface area contributed by atoms with Crippen LogP contribution in [0.4, 0.5) is 13.2 Å². The van der Waals surface area contributed by atoms with Gasteiger partial charge in [0.1, 0.15) is 12.4 Å². The number of hydrogen-bond donors (Lipinski definition) is 2. The molecule has 0 spiro atoms. The highest BCUT2D eigenvalue weighted by molar-refractivity contribution is 7.90. The van der Waals surface area contributed by atoms with Gasteiger partial charge in [0.15, 0.2) is 5.96 Å². The van der Waals surface area contributed by atoms with Crippen LogP contribution in [0.15, 0.2) is 29.5 Å². The van der Waals surface area contributed by atoms with Gasteiger partial charge >= 0.3 is 15.5 Å². The topological polar surface area (TPSA) is 95.9 Å². The molecule has 1 aromatic rings. The van der Waals surface area contributed by atoms with E-state index >= 15 is 0 Å². The minimum absolute atomic E-state index is 0.171. The second-order valence-electron chi connectivity index (χ2n) is 5.80. The van der Waals surface area contributed by atoms with Crippen molar-refractivity contribution < 1.29 is 26.3 Å². The quantitative estimate of drug-likeness (QED) is 0.413. The zero-order valence-corrected chi connectivity index (χ0v) is 15.6. The number of alkyl halides is 3. The number of halogens is 3. The van der Waals surface area contributed by atoms with E-state index in [0.29, 0.717) is 29.2 Å². The van der Waals surface area contributed by atoms with Crippen molar-refractivity contribution in [2.75, 3.05) is 33.3 Å². The van der Waals surface area contributed by atoms with Gasteiger partial charge in [0.25, 0.3) is 0 Å². The molecule has 1 fully saturated rings. The highest BCUT2D eigenvalue weighted by Crippen LogP contribution is 2.28. The molecule has 0 atom stereocenters. The van der Waals surface area contributed by atoms with Gasteiger partial charge in [-0.25, -0.2) is 8.42 Å². The van der Waals surface area contributed by atoms with Crippen molar-refractivity contribution >= 4 is 16.0 Å². The molecule has 2 rings (SSSR count). The summed E-state index contributed by atoms with van der Waals surface area (Å²) in [4.78, 5) is 7.98. The second kappa shape index (κ2) is 9.22. The maximum absolute atomic E-state index is 12.6. The number of piperidine rings is 1. The highest BCUT2D eigenvalue weighted by atomic mass is 32.2. The smallest absolute Gasteiger partial charge is 0.490 e. The van der Waals surface area contributed by atoms with Gasteiger partial charge in [-0.3, -0.25) is 9.98 Å². The molecule has 2 N–H and O–H groups in total. The van der Waals surface area contributed by atoms with E-state index in [1.807, 2.05) is 0 Å². The van der Waals surface area contributed by atoms with E-state index in [1.54, 1.807) is 31.6 Å². The Balaban J connectivity index is 1.73. The summed E-state index contributed by atoms with van der Waals surface area (Å²) >= 11 is 0. The van der Waals surface area contributed by atoms with Crippen LogP contribution in [0.2, 0.25) is 0 Å². The molecule has 8 nitrogen and oxygen atoms in total. The molecule has 1 aliphatic rings. The lowest BCUT2D eigenvalue weighted by Crippen LogP contribution is -2.52. The molecule has 2 heterocycles. The lowest BCUT2D eigenvalue weighted by molar-refractivity contribution is -0.0494. The Labute approximate surface area is 155 Å². The molecule has 0 radical (unpaired) electrons. The highest BCUT2D eigenvalue weighted by Gasteiger charge is 2.50. The molecule has 1 saturated heterocycles. The molecular formula is C15H22F3N5O3S. The lowest BCUT2D eigenvalue weighted by atomic mass is 10.1. The normalized spacial score (nSPS) is 17.6. The number of ether oxygens (including phenoxy) is 1. The van der Waals surface area contributed by atoms with Crippen molar-refractivity contribution in [1.29, 1.82) is 0 Å². The largest absolute Gasteiger partial charge is 0.511 e. The van der Waals surface area contributed by atoms with Crippen LogP contribution in [0.3, 0.4) is 0 Å². The predicted molar refractivity (Wildman–Crippen MR) is 93.8 cm³/mol. The third-order valence-electron chi connectivity index (χ3n) is 3.95. The summed E-state index contributed by atoms with van der Waals surface area (Å²) in [6.45, 7) is 0.436. The summed E-state index contributed by atoms with van der Waals surface area (Å²) in [5.74, 6) is 1.11. The van der Waals surface area contributed by atoms with E-state index in [4.69, 9.17) is 4.74 Å². The van der Waals surface area contributed by atoms with Crippen LogP contribution >= 0.6 is 0 Å². The second-order valence-corrected chi connectivity index (χ2v) is 7.73. The van der Waals surface area contributed by atoms with Crippen molar-refractivity contribution in [3.8, 4) is 5.75 Å². The fourth-order valence-corrected chi connectivity index (χ4v) is 3.53. The molecule has 1 aromatic heterocycles. The molecule has 0 aliphatic carbocycles. The van der Waals surface area contributed by atoms with E-state index in [1.165, 1.54) is 0 Å². The SMILES string of the molecule is CN=C(NCCOc1cccnc1)NC1CCN(S(=O)(=O)C(F)(F)F)CC1. The summed E-state index contributed by atoms with van der Waals surface area (Å²) in [6, 6.07) is 3.37. The van der Waals surface area contributed by atoms with Gasteiger partial charge in [-0.05, 0) is 25.0 Å². The zero-order chi connectivity index (χ0) is 19.9. The summed E-state index contributed by atoms with van der Waals surface area (Å²) in [5, 5.41) is 6.12. The first-order valence-electron chi connectivity index (χ1n) is 8.30. The number of nitrogens with zero attached hydrogens (tertiary/aromatic N) is 3. The Hall–Kier alpha value is -2.08. The molecule has 12 heteroatoms.